The molecule has 0 aliphatic heterocycles. The molecule has 1 unspecified atom stereocenters. The van der Waals surface area contributed by atoms with Crippen molar-refractivity contribution in [2.45, 2.75) is 39.3 Å². The maximum absolute atomic E-state index is 10.7. The molecule has 0 saturated heterocycles. The van der Waals surface area contributed by atoms with Gasteiger partial charge in [-0.1, -0.05) is 6.92 Å². The molecule has 5 heteroatoms. The van der Waals surface area contributed by atoms with E-state index in [4.69, 9.17) is 5.73 Å². The number of nitrogens with zero attached hydrogens (tertiary/aromatic N) is 2. The molecular weight excluding hydrogens is 204 g/mol. The molecule has 88 valence electrons. The van der Waals surface area contributed by atoms with Crippen molar-refractivity contribution >= 4 is 11.7 Å². The van der Waals surface area contributed by atoms with Crippen molar-refractivity contribution in [3.05, 3.63) is 12.3 Å². The summed E-state index contributed by atoms with van der Waals surface area (Å²) in [7, 11) is 0. The average molecular weight is 222 g/mol. The summed E-state index contributed by atoms with van der Waals surface area (Å²) in [6.07, 6.45) is 4.29. The number of carbonyl (C=O) groups excluding carboxylic acids is 1. The van der Waals surface area contributed by atoms with Gasteiger partial charge in [-0.25, -0.2) is 0 Å². The van der Waals surface area contributed by atoms with Crippen LogP contribution in [-0.2, 0) is 11.3 Å². The molecule has 1 aromatic rings. The van der Waals surface area contributed by atoms with Gasteiger partial charge in [0.05, 0.1) is 0 Å². The van der Waals surface area contributed by atoms with Gasteiger partial charge in [-0.15, -0.1) is 0 Å². The number of anilines is 1. The van der Waals surface area contributed by atoms with Crippen LogP contribution in [0.4, 0.5) is 5.82 Å². The van der Waals surface area contributed by atoms with E-state index in [-0.39, 0.29) is 12.5 Å². The zero-order valence-electron chi connectivity index (χ0n) is 9.73. The fourth-order valence-corrected chi connectivity index (χ4v) is 1.71. The normalized spacial score (nSPS) is 19.1. The molecule has 1 amide bonds. The number of carbonyl (C=O) groups is 1. The number of rotatable bonds is 5. The Morgan fingerprint density at radius 2 is 2.44 bits per heavy atom. The second-order valence-corrected chi connectivity index (χ2v) is 4.88. The minimum Gasteiger partial charge on any atom is -0.368 e. The Labute approximate surface area is 95.0 Å². The van der Waals surface area contributed by atoms with Crippen LogP contribution >= 0.6 is 0 Å². The van der Waals surface area contributed by atoms with Gasteiger partial charge in [0, 0.05) is 18.3 Å². The highest BCUT2D eigenvalue weighted by atomic mass is 16.1. The number of amides is 1. The van der Waals surface area contributed by atoms with E-state index < -0.39 is 0 Å². The molecule has 1 aromatic heterocycles. The maximum atomic E-state index is 10.7. The zero-order valence-corrected chi connectivity index (χ0v) is 9.73. The van der Waals surface area contributed by atoms with Gasteiger partial charge in [-0.3, -0.25) is 9.48 Å². The monoisotopic (exact) mass is 222 g/mol. The SMILES string of the molecule is CC(Nc1ccn(CC(N)=O)n1)C1(C)CC1. The summed E-state index contributed by atoms with van der Waals surface area (Å²) in [5, 5.41) is 7.59. The van der Waals surface area contributed by atoms with E-state index in [1.54, 1.807) is 10.9 Å². The van der Waals surface area contributed by atoms with Gasteiger partial charge >= 0.3 is 0 Å². The Bertz CT molecular complexity index is 394. The lowest BCUT2D eigenvalue weighted by molar-refractivity contribution is -0.118. The molecule has 5 nitrogen and oxygen atoms in total. The molecule has 1 aliphatic rings. The summed E-state index contributed by atoms with van der Waals surface area (Å²) in [6, 6.07) is 2.27. The predicted octanol–water partition coefficient (Wildman–Crippen LogP) is 0.969. The Hall–Kier alpha value is -1.52. The van der Waals surface area contributed by atoms with Gasteiger partial charge in [-0.05, 0) is 25.2 Å². The number of primary amides is 1. The largest absolute Gasteiger partial charge is 0.368 e. The molecule has 1 aliphatic carbocycles. The third-order valence-corrected chi connectivity index (χ3v) is 3.41. The van der Waals surface area contributed by atoms with Gasteiger partial charge in [-0.2, -0.15) is 5.10 Å². The Balaban J connectivity index is 1.94. The van der Waals surface area contributed by atoms with Gasteiger partial charge in [0.1, 0.15) is 12.4 Å². The zero-order chi connectivity index (χ0) is 11.8. The first-order valence-electron chi connectivity index (χ1n) is 5.58. The van der Waals surface area contributed by atoms with Crippen LogP contribution in [0.5, 0.6) is 0 Å². The topological polar surface area (TPSA) is 72.9 Å². The van der Waals surface area contributed by atoms with Crippen LogP contribution in [0, 0.1) is 5.41 Å². The Kier molecular flexibility index (Phi) is 2.61. The molecule has 0 bridgehead atoms. The van der Waals surface area contributed by atoms with E-state index in [1.165, 1.54) is 12.8 Å². The number of aromatic nitrogens is 2. The highest BCUT2D eigenvalue weighted by Crippen LogP contribution is 2.48. The van der Waals surface area contributed by atoms with Crippen molar-refractivity contribution < 1.29 is 4.79 Å². The highest BCUT2D eigenvalue weighted by molar-refractivity contribution is 5.73. The first kappa shape index (κ1) is 11.0. The molecule has 0 aromatic carbocycles. The van der Waals surface area contributed by atoms with Crippen molar-refractivity contribution in [2.24, 2.45) is 11.1 Å². The third-order valence-electron chi connectivity index (χ3n) is 3.41. The molecule has 2 rings (SSSR count). The molecule has 0 radical (unpaired) electrons. The number of hydrogen-bond donors (Lipinski definition) is 2. The highest BCUT2D eigenvalue weighted by Gasteiger charge is 2.42. The van der Waals surface area contributed by atoms with Crippen molar-refractivity contribution in [2.75, 3.05) is 5.32 Å². The summed E-state index contributed by atoms with van der Waals surface area (Å²) in [5.41, 5.74) is 5.50. The molecule has 1 saturated carbocycles. The summed E-state index contributed by atoms with van der Waals surface area (Å²) in [5.74, 6) is 0.429. The van der Waals surface area contributed by atoms with Crippen molar-refractivity contribution in [3.63, 3.8) is 0 Å². The lowest BCUT2D eigenvalue weighted by atomic mass is 10.0. The fourth-order valence-electron chi connectivity index (χ4n) is 1.71. The minimum atomic E-state index is -0.378. The average Bonchev–Trinajstić information content (AvgIpc) is 2.79. The number of nitrogens with one attached hydrogen (secondary N) is 1. The molecule has 0 spiro atoms. The van der Waals surface area contributed by atoms with E-state index in [0.29, 0.717) is 11.5 Å². The third kappa shape index (κ3) is 2.35. The lowest BCUT2D eigenvalue weighted by Crippen LogP contribution is -2.25. The summed E-state index contributed by atoms with van der Waals surface area (Å²) in [6.45, 7) is 4.57. The second-order valence-electron chi connectivity index (χ2n) is 4.88. The van der Waals surface area contributed by atoms with Crippen LogP contribution in [-0.4, -0.2) is 21.7 Å². The number of hydrogen-bond acceptors (Lipinski definition) is 3. The van der Waals surface area contributed by atoms with Crippen LogP contribution in [0.2, 0.25) is 0 Å². The van der Waals surface area contributed by atoms with Crippen LogP contribution in [0.15, 0.2) is 12.3 Å². The molecule has 1 fully saturated rings. The fraction of sp³-hybridized carbons (Fsp3) is 0.636. The van der Waals surface area contributed by atoms with Crippen LogP contribution in [0.3, 0.4) is 0 Å². The van der Waals surface area contributed by atoms with Gasteiger partial charge in [0.2, 0.25) is 5.91 Å². The standard InChI is InChI=1S/C11H18N4O/c1-8(11(2)4-5-11)13-10-3-6-15(14-10)7-9(12)16/h3,6,8H,4-5,7H2,1-2H3,(H2,12,16)(H,13,14). The molecule has 16 heavy (non-hydrogen) atoms. The molecule has 1 heterocycles. The molecular formula is C11H18N4O. The van der Waals surface area contributed by atoms with Crippen LogP contribution < -0.4 is 11.1 Å². The molecule has 3 N–H and O–H groups in total. The van der Waals surface area contributed by atoms with Gasteiger partial charge in [0.25, 0.3) is 0 Å². The van der Waals surface area contributed by atoms with E-state index in [1.807, 2.05) is 6.07 Å². The van der Waals surface area contributed by atoms with Crippen LogP contribution in [0.25, 0.3) is 0 Å². The smallest absolute Gasteiger partial charge is 0.239 e. The minimum absolute atomic E-state index is 0.132. The first-order chi connectivity index (χ1) is 7.49. The van der Waals surface area contributed by atoms with Crippen LogP contribution in [0.1, 0.15) is 26.7 Å². The van der Waals surface area contributed by atoms with Crippen molar-refractivity contribution in [1.82, 2.24) is 9.78 Å². The lowest BCUT2D eigenvalue weighted by Gasteiger charge is -2.19. The van der Waals surface area contributed by atoms with E-state index in [9.17, 15) is 4.79 Å². The van der Waals surface area contributed by atoms with E-state index >= 15 is 0 Å². The number of nitrogens with two attached hydrogens (primary N) is 1. The summed E-state index contributed by atoms with van der Waals surface area (Å²) >= 11 is 0. The van der Waals surface area contributed by atoms with E-state index in [0.717, 1.165) is 5.82 Å². The van der Waals surface area contributed by atoms with Crippen molar-refractivity contribution in [3.8, 4) is 0 Å². The predicted molar refractivity (Wildman–Crippen MR) is 61.8 cm³/mol. The van der Waals surface area contributed by atoms with E-state index in [2.05, 4.69) is 24.3 Å². The Morgan fingerprint density at radius 1 is 1.75 bits per heavy atom. The summed E-state index contributed by atoms with van der Waals surface area (Å²) < 4.78 is 1.55. The van der Waals surface area contributed by atoms with Crippen molar-refractivity contribution in [1.29, 1.82) is 0 Å². The maximum Gasteiger partial charge on any atom is 0.239 e. The Morgan fingerprint density at radius 3 is 3.00 bits per heavy atom. The second kappa shape index (κ2) is 3.81. The van der Waals surface area contributed by atoms with Gasteiger partial charge in [0.15, 0.2) is 0 Å². The molecule has 1 atom stereocenters. The summed E-state index contributed by atoms with van der Waals surface area (Å²) in [4.78, 5) is 10.7. The van der Waals surface area contributed by atoms with Gasteiger partial charge < -0.3 is 11.1 Å². The quantitative estimate of drug-likeness (QED) is 0.779. The first-order valence-corrected chi connectivity index (χ1v) is 5.58.